The zero-order valence-electron chi connectivity index (χ0n) is 20.7. The van der Waals surface area contributed by atoms with Gasteiger partial charge in [-0.1, -0.05) is 43.6 Å². The number of nitrogens with one attached hydrogen (secondary N) is 1. The van der Waals surface area contributed by atoms with Gasteiger partial charge >= 0.3 is 0 Å². The first-order valence-electron chi connectivity index (χ1n) is 11.8. The molecule has 2 aliphatic rings. The van der Waals surface area contributed by atoms with Gasteiger partial charge in [-0.3, -0.25) is 14.4 Å². The maximum Gasteiger partial charge on any atom is 0.255 e. The van der Waals surface area contributed by atoms with Gasteiger partial charge in [-0.25, -0.2) is 0 Å². The fourth-order valence-electron chi connectivity index (χ4n) is 5.18. The third kappa shape index (κ3) is 4.28. The first-order valence-corrected chi connectivity index (χ1v) is 12.2. The second-order valence-electron chi connectivity index (χ2n) is 9.80. The minimum Gasteiger partial charge on any atom is -0.497 e. The molecule has 3 atom stereocenters. The number of hydrogen-bond acceptors (Lipinski definition) is 5. The second-order valence-corrected chi connectivity index (χ2v) is 10.2. The summed E-state index contributed by atoms with van der Waals surface area (Å²) in [5, 5.41) is 13.1. The lowest BCUT2D eigenvalue weighted by Gasteiger charge is -2.33. The molecule has 1 saturated heterocycles. The molecule has 2 heterocycles. The molecule has 0 aliphatic carbocycles. The topological polar surface area (TPSA) is 103 Å². The van der Waals surface area contributed by atoms with Crippen LogP contribution in [0.5, 0.6) is 5.75 Å². The van der Waals surface area contributed by atoms with Crippen molar-refractivity contribution in [3.8, 4) is 11.8 Å². The highest BCUT2D eigenvalue weighted by Gasteiger charge is 2.56. The summed E-state index contributed by atoms with van der Waals surface area (Å²) < 4.78 is 5.24. The molecule has 0 saturated carbocycles. The van der Waals surface area contributed by atoms with Crippen LogP contribution in [0.3, 0.4) is 0 Å². The molecule has 4 rings (SSSR count). The molecule has 0 bridgehead atoms. The zero-order chi connectivity index (χ0) is 26.2. The zero-order valence-corrected chi connectivity index (χ0v) is 21.5. The quantitative estimate of drug-likeness (QED) is 0.638. The molecule has 8 nitrogen and oxygen atoms in total. The Morgan fingerprint density at radius 3 is 2.69 bits per heavy atom. The Kier molecular flexibility index (Phi) is 6.96. The lowest BCUT2D eigenvalue weighted by atomic mass is 9.80. The summed E-state index contributed by atoms with van der Waals surface area (Å²) in [5.74, 6) is -0.446. The molecule has 1 spiro atoms. The standard InChI is InChI=1S/C27H29ClN4O4/c1-16(2)11-23(31(3)24(33)19-12-18(36-4)9-10-21(19)28)25(34)32-15-27(13-17(32)14-29)20-7-5-6-8-22(20)30-26(27)35/h5-10,12,16-17,23H,11,13,15H2,1-4H3,(H,30,35)/t17?,23-,27-/m0/s1. The third-order valence-electron chi connectivity index (χ3n) is 7.09. The van der Waals surface area contributed by atoms with Crippen LogP contribution in [-0.4, -0.2) is 60.3 Å². The molecule has 1 unspecified atom stereocenters. The van der Waals surface area contributed by atoms with Gasteiger partial charge in [-0.05, 0) is 42.2 Å². The van der Waals surface area contributed by atoms with Crippen molar-refractivity contribution in [1.82, 2.24) is 9.80 Å². The summed E-state index contributed by atoms with van der Waals surface area (Å²) in [5.41, 5.74) is 0.720. The number of likely N-dealkylation sites (N-methyl/N-ethyl adjacent to an activating group) is 1. The van der Waals surface area contributed by atoms with E-state index in [1.54, 1.807) is 25.2 Å². The lowest BCUT2D eigenvalue weighted by Crippen LogP contribution is -2.52. The van der Waals surface area contributed by atoms with E-state index in [1.165, 1.54) is 16.9 Å². The molecule has 0 radical (unpaired) electrons. The van der Waals surface area contributed by atoms with E-state index < -0.39 is 23.4 Å². The van der Waals surface area contributed by atoms with Crippen LogP contribution < -0.4 is 10.1 Å². The SMILES string of the molecule is COc1ccc(Cl)c(C(=O)N(C)[C@@H](CC(C)C)C(=O)N2C[C@]3(CC2C#N)C(=O)Nc2ccccc23)c1. The molecule has 0 aromatic heterocycles. The number of anilines is 1. The molecule has 2 aliphatic heterocycles. The molecule has 188 valence electrons. The number of nitrogens with zero attached hydrogens (tertiary/aromatic N) is 3. The van der Waals surface area contributed by atoms with Gasteiger partial charge in [0.15, 0.2) is 0 Å². The van der Waals surface area contributed by atoms with E-state index in [9.17, 15) is 19.6 Å². The van der Waals surface area contributed by atoms with E-state index in [1.807, 2.05) is 38.1 Å². The molecular formula is C27H29ClN4O4. The molecule has 9 heteroatoms. The van der Waals surface area contributed by atoms with Gasteiger partial charge in [0, 0.05) is 25.7 Å². The number of hydrogen-bond donors (Lipinski definition) is 1. The van der Waals surface area contributed by atoms with Crippen LogP contribution in [-0.2, 0) is 15.0 Å². The number of carbonyl (C=O) groups is 3. The number of ether oxygens (including phenoxy) is 1. The molecule has 3 amide bonds. The van der Waals surface area contributed by atoms with Crippen molar-refractivity contribution in [2.75, 3.05) is 26.0 Å². The van der Waals surface area contributed by atoms with Gasteiger partial charge in [0.25, 0.3) is 5.91 Å². The molecule has 1 N–H and O–H groups in total. The van der Waals surface area contributed by atoms with E-state index in [4.69, 9.17) is 16.3 Å². The fourth-order valence-corrected chi connectivity index (χ4v) is 5.37. The van der Waals surface area contributed by atoms with Crippen molar-refractivity contribution in [3.63, 3.8) is 0 Å². The molecule has 1 fully saturated rings. The normalized spacial score (nSPS) is 21.2. The van der Waals surface area contributed by atoms with E-state index >= 15 is 0 Å². The number of para-hydroxylation sites is 1. The Balaban J connectivity index is 1.67. The van der Waals surface area contributed by atoms with Gasteiger partial charge in [0.05, 0.1) is 29.2 Å². The smallest absolute Gasteiger partial charge is 0.255 e. The first kappa shape index (κ1) is 25.5. The van der Waals surface area contributed by atoms with Crippen molar-refractivity contribution in [3.05, 3.63) is 58.6 Å². The van der Waals surface area contributed by atoms with Crippen LogP contribution in [0, 0.1) is 17.2 Å². The van der Waals surface area contributed by atoms with Gasteiger partial charge in [0.1, 0.15) is 17.8 Å². The Morgan fingerprint density at radius 2 is 2.03 bits per heavy atom. The predicted molar refractivity (Wildman–Crippen MR) is 136 cm³/mol. The highest BCUT2D eigenvalue weighted by Crippen LogP contribution is 2.46. The Morgan fingerprint density at radius 1 is 1.31 bits per heavy atom. The van der Waals surface area contributed by atoms with Crippen molar-refractivity contribution in [2.24, 2.45) is 5.92 Å². The number of nitriles is 1. The van der Waals surface area contributed by atoms with E-state index in [0.29, 0.717) is 17.9 Å². The van der Waals surface area contributed by atoms with Crippen molar-refractivity contribution in [1.29, 1.82) is 5.26 Å². The highest BCUT2D eigenvalue weighted by atomic mass is 35.5. The van der Waals surface area contributed by atoms with Crippen LogP contribution in [0.25, 0.3) is 0 Å². The first-order chi connectivity index (χ1) is 17.1. The van der Waals surface area contributed by atoms with E-state index in [0.717, 1.165) is 5.56 Å². The minimum atomic E-state index is -0.992. The van der Waals surface area contributed by atoms with E-state index in [2.05, 4.69) is 11.4 Å². The lowest BCUT2D eigenvalue weighted by molar-refractivity contribution is -0.136. The Hall–Kier alpha value is -3.57. The molecular weight excluding hydrogens is 480 g/mol. The molecule has 36 heavy (non-hydrogen) atoms. The monoisotopic (exact) mass is 508 g/mol. The van der Waals surface area contributed by atoms with Crippen LogP contribution in [0.15, 0.2) is 42.5 Å². The number of amides is 3. The van der Waals surface area contributed by atoms with Crippen molar-refractivity contribution < 1.29 is 19.1 Å². The van der Waals surface area contributed by atoms with Crippen LogP contribution >= 0.6 is 11.6 Å². The molecule has 2 aromatic carbocycles. The number of carbonyl (C=O) groups excluding carboxylic acids is 3. The second kappa shape index (κ2) is 9.82. The maximum absolute atomic E-state index is 14.0. The summed E-state index contributed by atoms with van der Waals surface area (Å²) in [6, 6.07) is 12.7. The molecule has 2 aromatic rings. The minimum absolute atomic E-state index is 0.0729. The van der Waals surface area contributed by atoms with Crippen LogP contribution in [0.1, 0.15) is 42.6 Å². The Labute approximate surface area is 215 Å². The fraction of sp³-hybridized carbons (Fsp3) is 0.407. The van der Waals surface area contributed by atoms with Crippen molar-refractivity contribution in [2.45, 2.75) is 44.2 Å². The van der Waals surface area contributed by atoms with Crippen molar-refractivity contribution >= 4 is 35.0 Å². The summed E-state index contributed by atoms with van der Waals surface area (Å²) in [6.07, 6.45) is 0.582. The number of fused-ring (bicyclic) bond motifs is 2. The van der Waals surface area contributed by atoms with Gasteiger partial charge in [-0.2, -0.15) is 5.26 Å². The largest absolute Gasteiger partial charge is 0.497 e. The predicted octanol–water partition coefficient (Wildman–Crippen LogP) is 3.85. The highest BCUT2D eigenvalue weighted by molar-refractivity contribution is 6.34. The van der Waals surface area contributed by atoms with Crippen LogP contribution in [0.4, 0.5) is 5.69 Å². The average molecular weight is 509 g/mol. The number of benzene rings is 2. The number of likely N-dealkylation sites (tertiary alicyclic amines) is 1. The van der Waals surface area contributed by atoms with Gasteiger partial charge < -0.3 is 19.9 Å². The summed E-state index contributed by atoms with van der Waals surface area (Å²) in [7, 11) is 3.06. The average Bonchev–Trinajstić information content (AvgIpc) is 3.39. The third-order valence-corrected chi connectivity index (χ3v) is 7.42. The maximum atomic E-state index is 14.0. The summed E-state index contributed by atoms with van der Waals surface area (Å²) in [6.45, 7) is 4.00. The van der Waals surface area contributed by atoms with Gasteiger partial charge in [0.2, 0.25) is 11.8 Å². The van der Waals surface area contributed by atoms with Gasteiger partial charge in [-0.15, -0.1) is 0 Å². The number of halogens is 1. The Bertz CT molecular complexity index is 1260. The summed E-state index contributed by atoms with van der Waals surface area (Å²) in [4.78, 5) is 43.4. The van der Waals surface area contributed by atoms with Crippen LogP contribution in [0.2, 0.25) is 5.02 Å². The number of rotatable bonds is 6. The summed E-state index contributed by atoms with van der Waals surface area (Å²) >= 11 is 6.31. The number of methoxy groups -OCH3 is 1. The van der Waals surface area contributed by atoms with E-state index in [-0.39, 0.29) is 41.3 Å².